The zero-order valence-corrected chi connectivity index (χ0v) is 29.4. The van der Waals surface area contributed by atoms with Crippen molar-refractivity contribution < 1.29 is 0 Å². The maximum Gasteiger partial charge on any atom is 0 e. The van der Waals surface area contributed by atoms with Crippen molar-refractivity contribution in [2.75, 3.05) is 0 Å². The van der Waals surface area contributed by atoms with Crippen LogP contribution in [0.25, 0.3) is 0 Å². The molecule has 0 aliphatic heterocycles. The molecule has 56 valence electrons. The summed E-state index contributed by atoms with van der Waals surface area (Å²) < 4.78 is 0. The van der Waals surface area contributed by atoms with Crippen LogP contribution in [0.4, 0.5) is 0 Å². The quantitative estimate of drug-likeness (QED) is 0.219. The van der Waals surface area contributed by atoms with Crippen LogP contribution in [0.3, 0.4) is 0 Å². The van der Waals surface area contributed by atoms with Gasteiger partial charge in [0.15, 0.2) is 0 Å². The van der Waals surface area contributed by atoms with E-state index < -0.39 is 0 Å². The van der Waals surface area contributed by atoms with Crippen molar-refractivity contribution in [3.8, 4) is 0 Å². The second-order valence-corrected chi connectivity index (χ2v) is 0. The second kappa shape index (κ2) is 67.7. The van der Waals surface area contributed by atoms with Gasteiger partial charge in [0.2, 0.25) is 0 Å². The largest absolute Gasteiger partial charge is 0 e. The predicted octanol–water partition coefficient (Wildman–Crippen LogP) is -3.81. The zero-order chi connectivity index (χ0) is 0. The molecule has 0 nitrogen and oxygen atoms in total. The van der Waals surface area contributed by atoms with Gasteiger partial charge in [0.1, 0.15) is 0 Å². The van der Waals surface area contributed by atoms with Gasteiger partial charge in [-0.3, -0.25) is 0 Å². The fourth-order valence-electron chi connectivity index (χ4n) is 0. The molecule has 10 heavy (non-hydrogen) atoms. The van der Waals surface area contributed by atoms with Crippen molar-refractivity contribution in [3.63, 3.8) is 0 Å². The summed E-state index contributed by atoms with van der Waals surface area (Å²) in [5, 5.41) is 0. The van der Waals surface area contributed by atoms with Crippen molar-refractivity contribution in [2.45, 2.75) is 0 Å². The van der Waals surface area contributed by atoms with Gasteiger partial charge in [-0.2, -0.15) is 0 Å². The number of rotatable bonds is 0. The summed E-state index contributed by atoms with van der Waals surface area (Å²) in [4.78, 5) is 0. The summed E-state index contributed by atoms with van der Waals surface area (Å²) in [6.07, 6.45) is 0. The van der Waals surface area contributed by atoms with E-state index in [0.717, 1.165) is 0 Å². The smallest absolute Gasteiger partial charge is 0 e. The molecule has 0 aliphatic carbocycles. The van der Waals surface area contributed by atoms with Gasteiger partial charge in [0.25, 0.3) is 0 Å². The zero-order valence-electron chi connectivity index (χ0n) is 4.24. The molecule has 24 radical (unpaired) electrons. The molecular formula is BiSb3Te6. The van der Waals surface area contributed by atoms with E-state index in [-0.39, 0.29) is 241 Å². The minimum Gasteiger partial charge on any atom is 0 e. The number of hydrogen-bond donors (Lipinski definition) is 0. The molecule has 0 rings (SSSR count). The first kappa shape index (κ1) is 80.8. The van der Waals surface area contributed by atoms with Gasteiger partial charge in [-0.15, -0.1) is 0 Å². The van der Waals surface area contributed by atoms with E-state index in [1.807, 2.05) is 0 Å². The van der Waals surface area contributed by atoms with Gasteiger partial charge in [0.05, 0.1) is 0 Å². The van der Waals surface area contributed by atoms with E-state index in [4.69, 9.17) is 0 Å². The Balaban J connectivity index is 0. The molecule has 0 saturated carbocycles. The van der Waals surface area contributed by atoms with Crippen LogP contribution in [0.2, 0.25) is 0 Å². The van der Waals surface area contributed by atoms with Gasteiger partial charge >= 0.3 is 0 Å². The topological polar surface area (TPSA) is 0 Å². The minimum absolute atomic E-state index is 0. The van der Waals surface area contributed by atoms with Gasteiger partial charge in [-0.05, 0) is 0 Å². The van der Waals surface area contributed by atoms with Crippen molar-refractivity contribution in [1.29, 1.82) is 0 Å². The van der Waals surface area contributed by atoms with Crippen LogP contribution in [0.1, 0.15) is 0 Å². The van der Waals surface area contributed by atoms with Crippen LogP contribution in [-0.2, 0) is 0 Å². The first-order chi connectivity index (χ1) is 0. The van der Waals surface area contributed by atoms with Crippen LogP contribution in [0.5, 0.6) is 0 Å². The Hall–Kier alpha value is 8.08. The Morgan fingerprint density at radius 1 is 0.300 bits per heavy atom. The molecule has 0 N–H and O–H groups in total. The Labute approximate surface area is 234 Å². The molecule has 0 bridgehead atoms. The van der Waals surface area contributed by atoms with Crippen LogP contribution in [-0.4, -0.2) is 241 Å². The molecular weight excluding hydrogens is 1340 g/mol. The van der Waals surface area contributed by atoms with Gasteiger partial charge in [0, 0.05) is 241 Å². The second-order valence-electron chi connectivity index (χ2n) is 0. The van der Waals surface area contributed by atoms with Crippen molar-refractivity contribution in [1.82, 2.24) is 0 Å². The molecule has 0 amide bonds. The molecule has 0 atom stereocenters. The third-order valence-electron chi connectivity index (χ3n) is 0. The van der Waals surface area contributed by atoms with Crippen molar-refractivity contribution in [3.05, 3.63) is 0 Å². The summed E-state index contributed by atoms with van der Waals surface area (Å²) in [5.41, 5.74) is 0. The van der Waals surface area contributed by atoms with Gasteiger partial charge in [-0.1, -0.05) is 0 Å². The van der Waals surface area contributed by atoms with Crippen LogP contribution in [0.15, 0.2) is 0 Å². The molecule has 0 heterocycles. The standard InChI is InChI=1S/Bi.3Sb.6Te. The molecule has 0 fully saturated rings. The van der Waals surface area contributed by atoms with E-state index in [9.17, 15) is 0 Å². The van der Waals surface area contributed by atoms with E-state index in [1.165, 1.54) is 0 Å². The summed E-state index contributed by atoms with van der Waals surface area (Å²) in [5.74, 6) is 0. The van der Waals surface area contributed by atoms with Crippen LogP contribution in [0, 0.1) is 0 Å². The summed E-state index contributed by atoms with van der Waals surface area (Å²) in [6.45, 7) is 0. The molecule has 0 saturated heterocycles. The average Bonchev–Trinajstić information content (AvgIpc) is 0. The summed E-state index contributed by atoms with van der Waals surface area (Å²) in [7, 11) is 0. The molecule has 0 spiro atoms. The molecule has 10 heteroatoms. The first-order valence-corrected chi connectivity index (χ1v) is 0. The Bertz CT molecular complexity index is 13.0. The molecule has 0 aliphatic rings. The fourth-order valence-corrected chi connectivity index (χ4v) is 0. The Morgan fingerprint density at radius 3 is 0.300 bits per heavy atom. The maximum atomic E-state index is 0. The maximum absolute atomic E-state index is 0. The average molecular weight is 1340 g/mol. The van der Waals surface area contributed by atoms with E-state index in [0.29, 0.717) is 0 Å². The van der Waals surface area contributed by atoms with Gasteiger partial charge < -0.3 is 0 Å². The molecule has 0 aromatic heterocycles. The first-order valence-electron chi connectivity index (χ1n) is 0. The van der Waals surface area contributed by atoms with E-state index in [1.54, 1.807) is 0 Å². The molecule has 0 aromatic carbocycles. The monoisotopic (exact) mass is 1350 g/mol. The minimum atomic E-state index is 0. The third-order valence-corrected chi connectivity index (χ3v) is 0. The Morgan fingerprint density at radius 2 is 0.300 bits per heavy atom. The van der Waals surface area contributed by atoms with Crippen molar-refractivity contribution in [2.24, 2.45) is 0 Å². The summed E-state index contributed by atoms with van der Waals surface area (Å²) in [6, 6.07) is 0. The normalized spacial score (nSPS) is 0. The SMILES string of the molecule is [Bi].[Sb].[Sb].[Sb].[Te].[Te].[Te].[Te].[Te].[Te]. The number of hydrogen-bond acceptors (Lipinski definition) is 0. The van der Waals surface area contributed by atoms with Crippen LogP contribution < -0.4 is 0 Å². The van der Waals surface area contributed by atoms with E-state index in [2.05, 4.69) is 0 Å². The molecule has 0 unspecified atom stereocenters. The van der Waals surface area contributed by atoms with Gasteiger partial charge in [-0.25, -0.2) is 0 Å². The fraction of sp³-hybridized carbons (Fsp3) is 0. The van der Waals surface area contributed by atoms with Crippen LogP contribution >= 0.6 is 0 Å². The molecule has 0 aromatic rings. The summed E-state index contributed by atoms with van der Waals surface area (Å²) >= 11 is 0. The van der Waals surface area contributed by atoms with Crippen molar-refractivity contribution >= 4 is 241 Å². The third kappa shape index (κ3) is 56.0. The predicted molar refractivity (Wildman–Crippen MR) is 57.5 cm³/mol. The Kier molecular flexibility index (Phi) is 547. The van der Waals surface area contributed by atoms with E-state index >= 15 is 0 Å².